The van der Waals surface area contributed by atoms with Crippen molar-refractivity contribution in [2.24, 2.45) is 0 Å². The smallest absolute Gasteiger partial charge is 0.261 e. The molecule has 0 amide bonds. The van der Waals surface area contributed by atoms with E-state index < -0.39 is 7.12 Å². The molecule has 1 radical (unpaired) electrons. The van der Waals surface area contributed by atoms with E-state index in [0.717, 1.165) is 39.6 Å². The molecule has 3 aromatic carbocycles. The van der Waals surface area contributed by atoms with Crippen LogP contribution in [0.4, 0.5) is 0 Å². The van der Waals surface area contributed by atoms with Crippen LogP contribution in [-0.2, 0) is 0 Å². The standard InChI is InChI=1S/C30H27BN6O/c1-21-18-27(24-12-6-4-7-13-24)32-35(21)31(36-22(2)19-28(33-36)25-14-8-5-9-15-25)37-23(3)20-29(34-37)26-16-10-11-17-30(26)38/h4-20,38H,1-3H3/q-1. The fourth-order valence-electron chi connectivity index (χ4n) is 4.80. The number of rotatable bonds is 6. The number of aryl methyl sites for hydroxylation is 3. The number of nitrogens with zero attached hydrogens (tertiary/aromatic N) is 6. The van der Waals surface area contributed by atoms with E-state index in [9.17, 15) is 5.11 Å². The van der Waals surface area contributed by atoms with Gasteiger partial charge in [0.15, 0.2) is 0 Å². The van der Waals surface area contributed by atoms with Crippen LogP contribution in [0.5, 0.6) is 5.75 Å². The zero-order valence-electron chi connectivity index (χ0n) is 21.5. The third kappa shape index (κ3) is 4.20. The number of benzene rings is 3. The SMILES string of the molecule is Cc1cc(-c2ccccc2)nn1[B-](n1nc(-c2ccccc2)cc1C)n1nc(-c2ccccc2O)cc1C. The molecule has 0 aliphatic carbocycles. The summed E-state index contributed by atoms with van der Waals surface area (Å²) < 4.78 is 5.85. The Morgan fingerprint density at radius 2 is 0.921 bits per heavy atom. The Hall–Kier alpha value is -4.85. The maximum absolute atomic E-state index is 10.5. The Morgan fingerprint density at radius 3 is 1.39 bits per heavy atom. The molecular formula is C30H27BN6O-. The molecule has 3 heterocycles. The van der Waals surface area contributed by atoms with Crippen LogP contribution < -0.4 is 0 Å². The molecule has 187 valence electrons. The average Bonchev–Trinajstić information content (AvgIpc) is 3.63. The molecule has 38 heavy (non-hydrogen) atoms. The van der Waals surface area contributed by atoms with E-state index in [0.29, 0.717) is 11.3 Å². The number of aromatic hydroxyl groups is 1. The van der Waals surface area contributed by atoms with Gasteiger partial charge >= 0.3 is 0 Å². The fourth-order valence-corrected chi connectivity index (χ4v) is 4.80. The molecule has 0 saturated carbocycles. The van der Waals surface area contributed by atoms with Crippen LogP contribution in [0.1, 0.15) is 17.1 Å². The lowest BCUT2D eigenvalue weighted by atomic mass is 9.93. The largest absolute Gasteiger partial charge is 0.507 e. The summed E-state index contributed by atoms with van der Waals surface area (Å²) in [5, 5.41) is 25.6. The number of hydrogen-bond donors (Lipinski definition) is 1. The van der Waals surface area contributed by atoms with Crippen molar-refractivity contribution in [2.75, 3.05) is 0 Å². The monoisotopic (exact) mass is 498 g/mol. The van der Waals surface area contributed by atoms with Crippen molar-refractivity contribution >= 4 is 7.12 Å². The first-order valence-corrected chi connectivity index (χ1v) is 12.6. The summed E-state index contributed by atoms with van der Waals surface area (Å²) in [6, 6.07) is 33.7. The van der Waals surface area contributed by atoms with Gasteiger partial charge < -0.3 is 18.9 Å². The van der Waals surface area contributed by atoms with E-state index in [1.807, 2.05) is 95.2 Å². The first-order valence-electron chi connectivity index (χ1n) is 12.6. The second kappa shape index (κ2) is 9.55. The van der Waals surface area contributed by atoms with E-state index >= 15 is 0 Å². The molecule has 0 bridgehead atoms. The average molecular weight is 498 g/mol. The van der Waals surface area contributed by atoms with Crippen LogP contribution in [0.3, 0.4) is 0 Å². The van der Waals surface area contributed by atoms with Gasteiger partial charge in [-0.2, -0.15) is 0 Å². The lowest BCUT2D eigenvalue weighted by Crippen LogP contribution is -2.45. The van der Waals surface area contributed by atoms with E-state index in [1.54, 1.807) is 6.07 Å². The highest BCUT2D eigenvalue weighted by atomic mass is 16.3. The van der Waals surface area contributed by atoms with Crippen LogP contribution in [0.15, 0.2) is 103 Å². The van der Waals surface area contributed by atoms with Gasteiger partial charge in [-0.1, -0.05) is 72.8 Å². The first kappa shape index (κ1) is 23.5. The minimum Gasteiger partial charge on any atom is -0.507 e. The summed E-state index contributed by atoms with van der Waals surface area (Å²) in [4.78, 5) is 0. The Bertz CT molecular complexity index is 1630. The van der Waals surface area contributed by atoms with Gasteiger partial charge in [0.25, 0.3) is 7.12 Å². The summed E-state index contributed by atoms with van der Waals surface area (Å²) in [6.07, 6.45) is 0. The van der Waals surface area contributed by atoms with Gasteiger partial charge in [-0.15, -0.1) is 0 Å². The fraction of sp³-hybridized carbons (Fsp3) is 0.100. The molecule has 3 aromatic heterocycles. The summed E-state index contributed by atoms with van der Waals surface area (Å²) in [6.45, 7) is 6.11. The van der Waals surface area contributed by atoms with Crippen molar-refractivity contribution in [3.8, 4) is 39.5 Å². The summed E-state index contributed by atoms with van der Waals surface area (Å²) in [5.41, 5.74) is 8.08. The minimum absolute atomic E-state index is 0.192. The molecule has 0 fully saturated rings. The molecule has 1 N–H and O–H groups in total. The molecule has 0 unspecified atom stereocenters. The predicted octanol–water partition coefficient (Wildman–Crippen LogP) is 5.84. The summed E-state index contributed by atoms with van der Waals surface area (Å²) in [7, 11) is -0.496. The van der Waals surface area contributed by atoms with Gasteiger partial charge in [-0.05, 0) is 68.2 Å². The van der Waals surface area contributed by atoms with Gasteiger partial charge in [0.05, 0.1) is 17.1 Å². The molecule has 0 aliphatic rings. The molecule has 8 heteroatoms. The van der Waals surface area contributed by atoms with E-state index in [-0.39, 0.29) is 5.75 Å². The van der Waals surface area contributed by atoms with Gasteiger partial charge in [0.2, 0.25) is 0 Å². The normalized spacial score (nSPS) is 11.4. The summed E-state index contributed by atoms with van der Waals surface area (Å²) >= 11 is 0. The van der Waals surface area contributed by atoms with Crippen LogP contribution in [0, 0.1) is 20.8 Å². The third-order valence-corrected chi connectivity index (χ3v) is 6.74. The molecular weight excluding hydrogens is 471 g/mol. The van der Waals surface area contributed by atoms with Crippen molar-refractivity contribution < 1.29 is 5.11 Å². The van der Waals surface area contributed by atoms with Gasteiger partial charge in [-0.3, -0.25) is 0 Å². The molecule has 6 aromatic rings. The maximum atomic E-state index is 10.5. The number of aromatic nitrogens is 6. The molecule has 0 atom stereocenters. The van der Waals surface area contributed by atoms with Crippen molar-refractivity contribution in [1.29, 1.82) is 0 Å². The van der Waals surface area contributed by atoms with Gasteiger partial charge in [0, 0.05) is 16.7 Å². The highest BCUT2D eigenvalue weighted by Gasteiger charge is 2.20. The molecule has 0 spiro atoms. The Labute approximate surface area is 221 Å². The van der Waals surface area contributed by atoms with E-state index in [1.165, 1.54) is 0 Å². The van der Waals surface area contributed by atoms with Crippen LogP contribution in [-0.4, -0.2) is 41.3 Å². The Kier molecular flexibility index (Phi) is 5.92. The molecule has 0 saturated heterocycles. The van der Waals surface area contributed by atoms with Gasteiger partial charge in [-0.25, -0.2) is 15.3 Å². The zero-order chi connectivity index (χ0) is 26.2. The van der Waals surface area contributed by atoms with E-state index in [2.05, 4.69) is 36.4 Å². The number of para-hydroxylation sites is 1. The zero-order valence-corrected chi connectivity index (χ0v) is 21.5. The van der Waals surface area contributed by atoms with Crippen molar-refractivity contribution in [2.45, 2.75) is 20.8 Å². The second-order valence-electron chi connectivity index (χ2n) is 9.44. The first-order chi connectivity index (χ1) is 18.5. The van der Waals surface area contributed by atoms with Crippen molar-refractivity contribution in [3.05, 3.63) is 120 Å². The van der Waals surface area contributed by atoms with Gasteiger partial charge in [0.1, 0.15) is 5.75 Å². The van der Waals surface area contributed by atoms with Crippen LogP contribution in [0.2, 0.25) is 0 Å². The van der Waals surface area contributed by atoms with E-state index in [4.69, 9.17) is 15.3 Å². The van der Waals surface area contributed by atoms with Crippen molar-refractivity contribution in [1.82, 2.24) is 29.1 Å². The third-order valence-electron chi connectivity index (χ3n) is 6.74. The second-order valence-corrected chi connectivity index (χ2v) is 9.44. The number of phenols is 1. The highest BCUT2D eigenvalue weighted by Crippen LogP contribution is 2.29. The quantitative estimate of drug-likeness (QED) is 0.293. The topological polar surface area (TPSA) is 73.7 Å². The lowest BCUT2D eigenvalue weighted by molar-refractivity contribution is 0.477. The number of hydrogen-bond acceptors (Lipinski definition) is 4. The van der Waals surface area contributed by atoms with Crippen LogP contribution >= 0.6 is 0 Å². The predicted molar refractivity (Wildman–Crippen MR) is 151 cm³/mol. The molecule has 7 nitrogen and oxygen atoms in total. The number of phenolic OH excluding ortho intramolecular Hbond substituents is 1. The maximum Gasteiger partial charge on any atom is 0.261 e. The highest BCUT2D eigenvalue weighted by molar-refractivity contribution is 6.53. The minimum atomic E-state index is -0.496. The molecule has 0 aliphatic heterocycles. The Balaban J connectivity index is 1.54. The molecule has 6 rings (SSSR count). The summed E-state index contributed by atoms with van der Waals surface area (Å²) in [5.74, 6) is 0.192. The Morgan fingerprint density at radius 1 is 0.526 bits per heavy atom. The lowest BCUT2D eigenvalue weighted by Gasteiger charge is -2.33. The van der Waals surface area contributed by atoms with Crippen LogP contribution in [0.25, 0.3) is 33.8 Å². The van der Waals surface area contributed by atoms with Crippen molar-refractivity contribution in [3.63, 3.8) is 0 Å².